The predicted octanol–water partition coefficient (Wildman–Crippen LogP) is 7.03. The minimum absolute atomic E-state index is 0.0996. The number of para-hydroxylation sites is 1. The highest BCUT2D eigenvalue weighted by Gasteiger charge is 2.59. The summed E-state index contributed by atoms with van der Waals surface area (Å²) < 4.78 is 26.1. The third-order valence-electron chi connectivity index (χ3n) is 10.4. The number of esters is 1. The lowest BCUT2D eigenvalue weighted by Gasteiger charge is -2.49. The van der Waals surface area contributed by atoms with E-state index in [4.69, 9.17) is 18.9 Å². The van der Waals surface area contributed by atoms with E-state index >= 15 is 0 Å². The standard InChI is InChI=1S/C38H50N2O6/c1-6-33-26(4)17-18-37(46-33)22-31-21-30(45-37)16-15-25(3)19-24(2)11-10-12-28-23-43-35-34(40-39-29-13-8-7-9-14-29)27(5)20-32(36(41)44-31)38(28,35)42/h7-15,20,24,26,30-33,35,39,42H,6,16-19,21-23H2,1-5H3/b11-10+,25-15+,28-12+,40-34-/t24-,26-,30+,31-,32-,33+,35+,37+,38+/m0/s1. The van der Waals surface area contributed by atoms with Crippen LogP contribution in [0.4, 0.5) is 5.69 Å². The number of hydrazone groups is 1. The molecule has 0 unspecified atom stereocenters. The molecule has 3 fully saturated rings. The van der Waals surface area contributed by atoms with Gasteiger partial charge >= 0.3 is 5.97 Å². The Morgan fingerprint density at radius 3 is 2.70 bits per heavy atom. The van der Waals surface area contributed by atoms with Crippen LogP contribution < -0.4 is 5.43 Å². The Morgan fingerprint density at radius 2 is 1.91 bits per heavy atom. The molecule has 1 spiro atoms. The number of ether oxygens (including phenoxy) is 4. The molecule has 4 heterocycles. The van der Waals surface area contributed by atoms with Gasteiger partial charge in [-0.1, -0.05) is 74.9 Å². The van der Waals surface area contributed by atoms with Crippen molar-refractivity contribution >= 4 is 17.4 Å². The second kappa shape index (κ2) is 13.6. The van der Waals surface area contributed by atoms with Crippen LogP contribution in [-0.2, 0) is 23.7 Å². The number of benzene rings is 1. The van der Waals surface area contributed by atoms with Crippen molar-refractivity contribution in [2.24, 2.45) is 22.9 Å². The Labute approximate surface area is 273 Å². The lowest BCUT2D eigenvalue weighted by atomic mass is 9.71. The van der Waals surface area contributed by atoms with E-state index in [1.807, 2.05) is 49.4 Å². The first-order chi connectivity index (χ1) is 22.1. The molecule has 46 heavy (non-hydrogen) atoms. The molecular formula is C38H50N2O6. The van der Waals surface area contributed by atoms with Crippen LogP contribution in [0, 0.1) is 17.8 Å². The van der Waals surface area contributed by atoms with Crippen molar-refractivity contribution < 1.29 is 28.8 Å². The molecule has 5 aliphatic rings. The summed E-state index contributed by atoms with van der Waals surface area (Å²) in [5.74, 6) is -1.48. The van der Waals surface area contributed by atoms with E-state index in [0.29, 0.717) is 30.0 Å². The van der Waals surface area contributed by atoms with E-state index in [9.17, 15) is 9.90 Å². The topological polar surface area (TPSA) is 98.6 Å². The van der Waals surface area contributed by atoms with Gasteiger partial charge in [0.15, 0.2) is 5.79 Å². The second-order valence-corrected chi connectivity index (χ2v) is 14.1. The Hall–Kier alpha value is -3.04. The summed E-state index contributed by atoms with van der Waals surface area (Å²) in [6.07, 6.45) is 14.2. The van der Waals surface area contributed by atoms with Gasteiger partial charge in [0.25, 0.3) is 0 Å². The van der Waals surface area contributed by atoms with Gasteiger partial charge in [-0.2, -0.15) is 5.10 Å². The molecule has 0 aromatic heterocycles. The average molecular weight is 631 g/mol. The fourth-order valence-electron chi connectivity index (χ4n) is 7.87. The average Bonchev–Trinajstić information content (AvgIpc) is 3.37. The molecule has 4 aliphatic heterocycles. The highest BCUT2D eigenvalue weighted by molar-refractivity contribution is 6.07. The molecule has 8 nitrogen and oxygen atoms in total. The number of carbonyl (C=O) groups is 1. The van der Waals surface area contributed by atoms with Gasteiger partial charge in [-0.05, 0) is 74.6 Å². The first kappa shape index (κ1) is 32.9. The van der Waals surface area contributed by atoms with Gasteiger partial charge in [0, 0.05) is 19.3 Å². The van der Waals surface area contributed by atoms with Gasteiger partial charge in [0.05, 0.1) is 30.2 Å². The lowest BCUT2D eigenvalue weighted by molar-refractivity contribution is -0.335. The number of nitrogens with zero attached hydrogens (tertiary/aromatic N) is 1. The van der Waals surface area contributed by atoms with Crippen LogP contribution in [0.2, 0.25) is 0 Å². The number of carbonyl (C=O) groups excluding carboxylic acids is 1. The predicted molar refractivity (Wildman–Crippen MR) is 179 cm³/mol. The van der Waals surface area contributed by atoms with Crippen LogP contribution in [0.3, 0.4) is 0 Å². The highest BCUT2D eigenvalue weighted by atomic mass is 16.7. The lowest BCUT2D eigenvalue weighted by Crippen LogP contribution is -2.57. The van der Waals surface area contributed by atoms with Crippen LogP contribution >= 0.6 is 0 Å². The molecule has 1 aromatic rings. The molecule has 0 saturated carbocycles. The van der Waals surface area contributed by atoms with Gasteiger partial charge < -0.3 is 24.1 Å². The van der Waals surface area contributed by atoms with Crippen molar-refractivity contribution in [2.45, 2.75) is 115 Å². The van der Waals surface area contributed by atoms with E-state index in [-0.39, 0.29) is 24.7 Å². The Balaban J connectivity index is 1.37. The van der Waals surface area contributed by atoms with Crippen LogP contribution in [0.1, 0.15) is 79.6 Å². The second-order valence-electron chi connectivity index (χ2n) is 14.1. The summed E-state index contributed by atoms with van der Waals surface area (Å²) in [5.41, 5.74) is 5.52. The number of nitrogens with one attached hydrogen (secondary N) is 1. The molecule has 2 N–H and O–H groups in total. The molecule has 1 aromatic carbocycles. The summed E-state index contributed by atoms with van der Waals surface area (Å²) in [4.78, 5) is 14.3. The maximum atomic E-state index is 14.3. The third kappa shape index (κ3) is 6.68. The summed E-state index contributed by atoms with van der Waals surface area (Å²) >= 11 is 0. The normalized spacial score (nSPS) is 42.2. The molecule has 3 saturated heterocycles. The van der Waals surface area contributed by atoms with Gasteiger partial charge in [0.2, 0.25) is 0 Å². The van der Waals surface area contributed by atoms with Crippen LogP contribution in [-0.4, -0.2) is 59.2 Å². The number of anilines is 1. The van der Waals surface area contributed by atoms with Crippen LogP contribution in [0.25, 0.3) is 0 Å². The molecule has 0 amide bonds. The minimum atomic E-state index is -1.65. The Bertz CT molecular complexity index is 1430. The van der Waals surface area contributed by atoms with E-state index < -0.39 is 35.5 Å². The van der Waals surface area contributed by atoms with Crippen molar-refractivity contribution in [3.8, 4) is 0 Å². The molecule has 9 atom stereocenters. The van der Waals surface area contributed by atoms with E-state index in [0.717, 1.165) is 43.4 Å². The molecule has 8 heteroatoms. The van der Waals surface area contributed by atoms with E-state index in [1.165, 1.54) is 5.57 Å². The van der Waals surface area contributed by atoms with E-state index in [1.54, 1.807) is 6.08 Å². The fourth-order valence-corrected chi connectivity index (χ4v) is 7.87. The minimum Gasteiger partial charge on any atom is -0.462 e. The fraction of sp³-hybridized carbons (Fsp3) is 0.579. The molecule has 6 rings (SSSR count). The van der Waals surface area contributed by atoms with Gasteiger partial charge in [-0.3, -0.25) is 10.2 Å². The Kier molecular flexibility index (Phi) is 9.72. The van der Waals surface area contributed by atoms with Crippen LogP contribution in [0.5, 0.6) is 0 Å². The summed E-state index contributed by atoms with van der Waals surface area (Å²) in [5, 5.41) is 17.3. The largest absolute Gasteiger partial charge is 0.462 e. The summed E-state index contributed by atoms with van der Waals surface area (Å²) in [7, 11) is 0. The first-order valence-corrected chi connectivity index (χ1v) is 17.1. The molecule has 0 radical (unpaired) electrons. The SMILES string of the molecule is CC[C@H]1O[C@]2(CC[C@@H]1C)C[C@@H]1C[C@@H](C/C=C(\C)C[C@@H](C)/C=C/C=C3\CO[C@@H]4/C(=N\Nc5ccccc5)C(C)=C[C@@H](C(=O)O1)[C@]34O)O2. The highest BCUT2D eigenvalue weighted by Crippen LogP contribution is 2.47. The van der Waals surface area contributed by atoms with Crippen molar-refractivity contribution in [1.82, 2.24) is 0 Å². The van der Waals surface area contributed by atoms with Gasteiger partial charge in [-0.25, -0.2) is 0 Å². The smallest absolute Gasteiger partial charge is 0.316 e. The van der Waals surface area contributed by atoms with Gasteiger partial charge in [-0.15, -0.1) is 0 Å². The van der Waals surface area contributed by atoms with E-state index in [2.05, 4.69) is 50.4 Å². The third-order valence-corrected chi connectivity index (χ3v) is 10.4. The maximum absolute atomic E-state index is 14.3. The zero-order valence-electron chi connectivity index (χ0n) is 27.9. The monoisotopic (exact) mass is 630 g/mol. The number of hydrogen-bond acceptors (Lipinski definition) is 8. The molecular weight excluding hydrogens is 580 g/mol. The molecule has 248 valence electrons. The number of fused-ring (bicyclic) bond motifs is 2. The zero-order valence-corrected chi connectivity index (χ0v) is 27.9. The van der Waals surface area contributed by atoms with Gasteiger partial charge in [0.1, 0.15) is 23.7 Å². The quantitative estimate of drug-likeness (QED) is 0.210. The number of rotatable bonds is 3. The van der Waals surface area contributed by atoms with Crippen molar-refractivity contribution in [3.63, 3.8) is 0 Å². The zero-order chi connectivity index (χ0) is 32.5. The molecule has 2 bridgehead atoms. The maximum Gasteiger partial charge on any atom is 0.316 e. The summed E-state index contributed by atoms with van der Waals surface area (Å²) in [6, 6.07) is 9.64. The number of hydrogen-bond donors (Lipinski definition) is 2. The van der Waals surface area contributed by atoms with Crippen LogP contribution in [0.15, 0.2) is 82.5 Å². The van der Waals surface area contributed by atoms with Crippen molar-refractivity contribution in [2.75, 3.05) is 12.0 Å². The number of aliphatic hydroxyl groups is 1. The number of allylic oxidation sites excluding steroid dienone is 4. The molecule has 1 aliphatic carbocycles. The van der Waals surface area contributed by atoms with Crippen molar-refractivity contribution in [3.05, 3.63) is 77.4 Å². The summed E-state index contributed by atoms with van der Waals surface area (Å²) in [6.45, 7) is 10.8. The van der Waals surface area contributed by atoms with Crippen molar-refractivity contribution in [1.29, 1.82) is 0 Å². The Morgan fingerprint density at radius 1 is 1.11 bits per heavy atom. The first-order valence-electron chi connectivity index (χ1n) is 17.1.